The first-order valence-corrected chi connectivity index (χ1v) is 5.81. The Balaban J connectivity index is 2.29. The zero-order valence-corrected chi connectivity index (χ0v) is 10.2. The molecule has 17 heavy (non-hydrogen) atoms. The molecule has 0 saturated heterocycles. The summed E-state index contributed by atoms with van der Waals surface area (Å²) in [6.45, 7) is 3.11. The van der Waals surface area contributed by atoms with Crippen molar-refractivity contribution in [1.29, 1.82) is 0 Å². The molecule has 1 aromatic carbocycles. The van der Waals surface area contributed by atoms with Crippen LogP contribution in [-0.4, -0.2) is 35.6 Å². The summed E-state index contributed by atoms with van der Waals surface area (Å²) in [6.07, 6.45) is 3.15. The fourth-order valence-corrected chi connectivity index (χ4v) is 2.08. The lowest BCUT2D eigenvalue weighted by molar-refractivity contribution is 0.0697. The summed E-state index contributed by atoms with van der Waals surface area (Å²) in [5, 5.41) is 8.97. The van der Waals surface area contributed by atoms with Gasteiger partial charge in [0.25, 0.3) is 0 Å². The lowest BCUT2D eigenvalue weighted by Crippen LogP contribution is -2.32. The predicted octanol–water partition coefficient (Wildman–Crippen LogP) is 2.49. The molecule has 0 aromatic heterocycles. The Bertz CT molecular complexity index is 465. The van der Waals surface area contributed by atoms with Gasteiger partial charge in [0.05, 0.1) is 5.56 Å². The molecule has 0 fully saturated rings. The molecule has 1 heterocycles. The second-order valence-electron chi connectivity index (χ2n) is 4.61. The SMILES string of the molecule is CC1CC(c2cccc(C(=O)O)c2)=CCN1C. The van der Waals surface area contributed by atoms with E-state index in [1.807, 2.05) is 12.1 Å². The third-order valence-electron chi connectivity index (χ3n) is 3.37. The van der Waals surface area contributed by atoms with Crippen molar-refractivity contribution in [1.82, 2.24) is 4.90 Å². The summed E-state index contributed by atoms with van der Waals surface area (Å²) in [4.78, 5) is 13.2. The zero-order chi connectivity index (χ0) is 12.4. The van der Waals surface area contributed by atoms with Crippen molar-refractivity contribution in [2.24, 2.45) is 0 Å². The second kappa shape index (κ2) is 4.72. The molecule has 1 unspecified atom stereocenters. The van der Waals surface area contributed by atoms with Crippen LogP contribution in [0.2, 0.25) is 0 Å². The maximum absolute atomic E-state index is 10.9. The van der Waals surface area contributed by atoms with E-state index in [4.69, 9.17) is 5.11 Å². The molecule has 0 spiro atoms. The molecule has 0 aliphatic carbocycles. The minimum atomic E-state index is -0.867. The average Bonchev–Trinajstić information content (AvgIpc) is 2.33. The van der Waals surface area contributed by atoms with Crippen LogP contribution in [0.4, 0.5) is 0 Å². The fourth-order valence-electron chi connectivity index (χ4n) is 2.08. The van der Waals surface area contributed by atoms with Crippen LogP contribution in [0.25, 0.3) is 5.57 Å². The number of likely N-dealkylation sites (N-methyl/N-ethyl adjacent to an activating group) is 1. The van der Waals surface area contributed by atoms with Gasteiger partial charge in [0.2, 0.25) is 0 Å². The van der Waals surface area contributed by atoms with Crippen LogP contribution < -0.4 is 0 Å². The molecule has 1 aliphatic rings. The summed E-state index contributed by atoms with van der Waals surface area (Å²) in [7, 11) is 2.10. The third-order valence-corrected chi connectivity index (χ3v) is 3.37. The van der Waals surface area contributed by atoms with Crippen molar-refractivity contribution >= 4 is 11.5 Å². The summed E-state index contributed by atoms with van der Waals surface area (Å²) in [6, 6.07) is 7.68. The van der Waals surface area contributed by atoms with E-state index in [1.54, 1.807) is 12.1 Å². The van der Waals surface area contributed by atoms with Crippen LogP contribution in [0.5, 0.6) is 0 Å². The van der Waals surface area contributed by atoms with Crippen molar-refractivity contribution in [3.63, 3.8) is 0 Å². The van der Waals surface area contributed by atoms with E-state index < -0.39 is 5.97 Å². The number of hydrogen-bond acceptors (Lipinski definition) is 2. The largest absolute Gasteiger partial charge is 0.478 e. The van der Waals surface area contributed by atoms with Gasteiger partial charge in [-0.05, 0) is 43.7 Å². The Morgan fingerprint density at radius 3 is 2.88 bits per heavy atom. The van der Waals surface area contributed by atoms with Gasteiger partial charge in [-0.15, -0.1) is 0 Å². The number of carboxylic acid groups (broad SMARTS) is 1. The first-order valence-electron chi connectivity index (χ1n) is 5.81. The molecule has 1 N–H and O–H groups in total. The van der Waals surface area contributed by atoms with Gasteiger partial charge in [-0.3, -0.25) is 4.90 Å². The Labute approximate surface area is 101 Å². The number of hydrogen-bond donors (Lipinski definition) is 1. The van der Waals surface area contributed by atoms with Crippen LogP contribution in [0, 0.1) is 0 Å². The molecule has 0 radical (unpaired) electrons. The van der Waals surface area contributed by atoms with Gasteiger partial charge in [0, 0.05) is 12.6 Å². The van der Waals surface area contributed by atoms with E-state index >= 15 is 0 Å². The van der Waals surface area contributed by atoms with Crippen molar-refractivity contribution in [2.45, 2.75) is 19.4 Å². The number of nitrogens with zero attached hydrogens (tertiary/aromatic N) is 1. The molecule has 2 rings (SSSR count). The highest BCUT2D eigenvalue weighted by Crippen LogP contribution is 2.26. The molecule has 1 aliphatic heterocycles. The van der Waals surface area contributed by atoms with Crippen molar-refractivity contribution in [3.05, 3.63) is 41.5 Å². The van der Waals surface area contributed by atoms with E-state index in [1.165, 1.54) is 5.57 Å². The van der Waals surface area contributed by atoms with Gasteiger partial charge >= 0.3 is 5.97 Å². The lowest BCUT2D eigenvalue weighted by Gasteiger charge is -2.29. The Morgan fingerprint density at radius 2 is 2.24 bits per heavy atom. The minimum Gasteiger partial charge on any atom is -0.478 e. The van der Waals surface area contributed by atoms with Gasteiger partial charge in [-0.2, -0.15) is 0 Å². The lowest BCUT2D eigenvalue weighted by atomic mass is 9.94. The monoisotopic (exact) mass is 231 g/mol. The summed E-state index contributed by atoms with van der Waals surface area (Å²) in [5.74, 6) is -0.867. The quantitative estimate of drug-likeness (QED) is 0.850. The topological polar surface area (TPSA) is 40.5 Å². The average molecular weight is 231 g/mol. The van der Waals surface area contributed by atoms with Crippen molar-refractivity contribution in [2.75, 3.05) is 13.6 Å². The minimum absolute atomic E-state index is 0.356. The van der Waals surface area contributed by atoms with Crippen LogP contribution in [0.15, 0.2) is 30.3 Å². The maximum Gasteiger partial charge on any atom is 0.335 e. The van der Waals surface area contributed by atoms with E-state index in [0.29, 0.717) is 11.6 Å². The van der Waals surface area contributed by atoms with E-state index in [-0.39, 0.29) is 0 Å². The van der Waals surface area contributed by atoms with Gasteiger partial charge in [0.15, 0.2) is 0 Å². The number of carbonyl (C=O) groups is 1. The molecule has 1 atom stereocenters. The molecule has 90 valence electrons. The molecular weight excluding hydrogens is 214 g/mol. The second-order valence-corrected chi connectivity index (χ2v) is 4.61. The van der Waals surface area contributed by atoms with Gasteiger partial charge in [0.1, 0.15) is 0 Å². The summed E-state index contributed by atoms with van der Waals surface area (Å²) < 4.78 is 0. The highest BCUT2D eigenvalue weighted by atomic mass is 16.4. The predicted molar refractivity (Wildman–Crippen MR) is 68.1 cm³/mol. The van der Waals surface area contributed by atoms with Gasteiger partial charge < -0.3 is 5.11 Å². The Morgan fingerprint density at radius 1 is 1.47 bits per heavy atom. The number of aromatic carboxylic acids is 1. The van der Waals surface area contributed by atoms with Crippen molar-refractivity contribution < 1.29 is 9.90 Å². The molecular formula is C14H17NO2. The summed E-state index contributed by atoms with van der Waals surface area (Å²) in [5.41, 5.74) is 2.64. The van der Waals surface area contributed by atoms with Gasteiger partial charge in [-0.25, -0.2) is 4.79 Å². The van der Waals surface area contributed by atoms with Crippen LogP contribution >= 0.6 is 0 Å². The fraction of sp³-hybridized carbons (Fsp3) is 0.357. The summed E-state index contributed by atoms with van der Waals surface area (Å²) >= 11 is 0. The molecule has 1 aromatic rings. The van der Waals surface area contributed by atoms with E-state index in [0.717, 1.165) is 18.5 Å². The first kappa shape index (κ1) is 11.9. The van der Waals surface area contributed by atoms with Gasteiger partial charge in [-0.1, -0.05) is 18.2 Å². The van der Waals surface area contributed by atoms with E-state index in [9.17, 15) is 4.79 Å². The highest BCUT2D eigenvalue weighted by molar-refractivity contribution is 5.89. The third kappa shape index (κ3) is 2.56. The standard InChI is InChI=1S/C14H17NO2/c1-10-8-12(6-7-15(10)2)11-4-3-5-13(9-11)14(16)17/h3-6,9-10H,7-8H2,1-2H3,(H,16,17). The molecule has 3 heteroatoms. The highest BCUT2D eigenvalue weighted by Gasteiger charge is 2.17. The molecule has 3 nitrogen and oxygen atoms in total. The number of benzene rings is 1. The van der Waals surface area contributed by atoms with E-state index in [2.05, 4.69) is 24.9 Å². The Kier molecular flexibility index (Phi) is 3.29. The smallest absolute Gasteiger partial charge is 0.335 e. The van der Waals surface area contributed by atoms with Crippen LogP contribution in [0.3, 0.4) is 0 Å². The van der Waals surface area contributed by atoms with Crippen LogP contribution in [0.1, 0.15) is 29.3 Å². The maximum atomic E-state index is 10.9. The van der Waals surface area contributed by atoms with Crippen molar-refractivity contribution in [3.8, 4) is 0 Å². The normalized spacial score (nSPS) is 21.1. The first-order chi connectivity index (χ1) is 8.08. The Hall–Kier alpha value is -1.61. The van der Waals surface area contributed by atoms with Crippen LogP contribution in [-0.2, 0) is 0 Å². The number of rotatable bonds is 2. The molecule has 0 bridgehead atoms. The number of carboxylic acids is 1. The zero-order valence-electron chi connectivity index (χ0n) is 10.2. The molecule has 0 amide bonds. The molecule has 0 saturated carbocycles.